The van der Waals surface area contributed by atoms with Crippen LogP contribution >= 0.6 is 0 Å². The Hall–Kier alpha value is -1.90. The van der Waals surface area contributed by atoms with E-state index in [1.165, 1.54) is 12.1 Å². The van der Waals surface area contributed by atoms with Gasteiger partial charge in [0, 0.05) is 6.42 Å². The average Bonchev–Trinajstić information content (AvgIpc) is 2.19. The van der Waals surface area contributed by atoms with Crippen molar-refractivity contribution < 1.29 is 14.7 Å². The fourth-order valence-electron chi connectivity index (χ4n) is 0.996. The molecular weight excluding hydrogens is 180 g/mol. The summed E-state index contributed by atoms with van der Waals surface area (Å²) in [6, 6.07) is 6.46. The summed E-state index contributed by atoms with van der Waals surface area (Å²) >= 11 is 0. The maximum absolute atomic E-state index is 10.5. The van der Waals surface area contributed by atoms with Crippen LogP contribution < -0.4 is 0 Å². The van der Waals surface area contributed by atoms with Crippen molar-refractivity contribution in [3.8, 4) is 0 Å². The molecule has 14 heavy (non-hydrogen) atoms. The van der Waals surface area contributed by atoms with Gasteiger partial charge in [0.05, 0.1) is 5.56 Å². The summed E-state index contributed by atoms with van der Waals surface area (Å²) in [5, 5.41) is 8.63. The van der Waals surface area contributed by atoms with E-state index in [1.807, 2.05) is 0 Å². The monoisotopic (exact) mass is 190 g/mol. The highest BCUT2D eigenvalue weighted by atomic mass is 16.4. The second-order valence-corrected chi connectivity index (χ2v) is 2.73. The third-order valence-corrected chi connectivity index (χ3v) is 1.70. The van der Waals surface area contributed by atoms with Gasteiger partial charge in [0.15, 0.2) is 0 Å². The van der Waals surface area contributed by atoms with Gasteiger partial charge in [-0.15, -0.1) is 0 Å². The lowest BCUT2D eigenvalue weighted by molar-refractivity contribution is -0.107. The zero-order valence-electron chi connectivity index (χ0n) is 7.51. The topological polar surface area (TPSA) is 54.4 Å². The zero-order chi connectivity index (χ0) is 10.4. The van der Waals surface area contributed by atoms with Crippen molar-refractivity contribution in [2.24, 2.45) is 0 Å². The Morgan fingerprint density at radius 3 is 2.43 bits per heavy atom. The van der Waals surface area contributed by atoms with Crippen molar-refractivity contribution in [3.05, 3.63) is 41.5 Å². The molecule has 0 bridgehead atoms. The van der Waals surface area contributed by atoms with Gasteiger partial charge in [-0.2, -0.15) is 0 Å². The van der Waals surface area contributed by atoms with E-state index in [1.54, 1.807) is 24.3 Å². The van der Waals surface area contributed by atoms with Crippen molar-refractivity contribution >= 4 is 18.3 Å². The molecule has 0 radical (unpaired) electrons. The predicted molar refractivity (Wildman–Crippen MR) is 53.1 cm³/mol. The molecule has 0 aliphatic carbocycles. The van der Waals surface area contributed by atoms with Crippen LogP contribution in [0.15, 0.2) is 30.3 Å². The van der Waals surface area contributed by atoms with Crippen LogP contribution in [0.4, 0.5) is 0 Å². The second kappa shape index (κ2) is 4.97. The quantitative estimate of drug-likeness (QED) is 0.738. The minimum absolute atomic E-state index is 0.262. The number of hydrogen-bond donors (Lipinski definition) is 1. The summed E-state index contributed by atoms with van der Waals surface area (Å²) < 4.78 is 0. The van der Waals surface area contributed by atoms with Crippen LogP contribution in [-0.4, -0.2) is 17.4 Å². The highest BCUT2D eigenvalue weighted by molar-refractivity contribution is 5.87. The first-order valence-electron chi connectivity index (χ1n) is 4.17. The lowest BCUT2D eigenvalue weighted by Crippen LogP contribution is -1.94. The van der Waals surface area contributed by atoms with Crippen LogP contribution in [0.2, 0.25) is 0 Å². The van der Waals surface area contributed by atoms with E-state index in [0.29, 0.717) is 6.42 Å². The molecule has 3 heteroatoms. The molecule has 72 valence electrons. The Labute approximate surface area is 81.7 Å². The van der Waals surface area contributed by atoms with E-state index >= 15 is 0 Å². The van der Waals surface area contributed by atoms with Gasteiger partial charge in [0.25, 0.3) is 0 Å². The van der Waals surface area contributed by atoms with Crippen LogP contribution in [-0.2, 0) is 4.79 Å². The normalized spacial score (nSPS) is 10.3. The van der Waals surface area contributed by atoms with Gasteiger partial charge in [-0.3, -0.25) is 0 Å². The summed E-state index contributed by atoms with van der Waals surface area (Å²) in [5.41, 5.74) is 1.15. The molecule has 3 nitrogen and oxygen atoms in total. The fourth-order valence-corrected chi connectivity index (χ4v) is 0.996. The zero-order valence-corrected chi connectivity index (χ0v) is 7.51. The Morgan fingerprint density at radius 1 is 1.29 bits per heavy atom. The van der Waals surface area contributed by atoms with Gasteiger partial charge < -0.3 is 9.90 Å². The van der Waals surface area contributed by atoms with Gasteiger partial charge in [-0.05, 0) is 17.7 Å². The SMILES string of the molecule is O=CCC=Cc1ccc(C(=O)O)cc1. The molecule has 0 unspecified atom stereocenters. The molecule has 1 aromatic rings. The highest BCUT2D eigenvalue weighted by Gasteiger charge is 1.99. The molecule has 0 saturated carbocycles. The Bertz CT molecular complexity index is 349. The van der Waals surface area contributed by atoms with E-state index in [9.17, 15) is 9.59 Å². The van der Waals surface area contributed by atoms with E-state index in [2.05, 4.69) is 0 Å². The summed E-state index contributed by atoms with van der Waals surface area (Å²) in [6.07, 6.45) is 4.69. The van der Waals surface area contributed by atoms with Crippen LogP contribution in [0.5, 0.6) is 0 Å². The molecule has 1 N–H and O–H groups in total. The number of allylic oxidation sites excluding steroid dienone is 1. The van der Waals surface area contributed by atoms with Crippen LogP contribution in [0.3, 0.4) is 0 Å². The lowest BCUT2D eigenvalue weighted by Gasteiger charge is -1.94. The number of rotatable bonds is 4. The molecule has 0 heterocycles. The minimum Gasteiger partial charge on any atom is -0.478 e. The summed E-state index contributed by atoms with van der Waals surface area (Å²) in [4.78, 5) is 20.5. The second-order valence-electron chi connectivity index (χ2n) is 2.73. The van der Waals surface area contributed by atoms with E-state index in [4.69, 9.17) is 5.11 Å². The van der Waals surface area contributed by atoms with Gasteiger partial charge in [0.2, 0.25) is 0 Å². The lowest BCUT2D eigenvalue weighted by atomic mass is 10.1. The van der Waals surface area contributed by atoms with Gasteiger partial charge in [0.1, 0.15) is 6.29 Å². The number of carbonyl (C=O) groups is 2. The largest absolute Gasteiger partial charge is 0.478 e. The molecule has 0 aliphatic rings. The summed E-state index contributed by atoms with van der Waals surface area (Å²) in [5.74, 6) is -0.937. The van der Waals surface area contributed by atoms with Gasteiger partial charge >= 0.3 is 5.97 Å². The Balaban J connectivity index is 2.73. The average molecular weight is 190 g/mol. The summed E-state index contributed by atoms with van der Waals surface area (Å²) in [6.45, 7) is 0. The molecular formula is C11H10O3. The summed E-state index contributed by atoms with van der Waals surface area (Å²) in [7, 11) is 0. The third-order valence-electron chi connectivity index (χ3n) is 1.70. The number of aldehydes is 1. The smallest absolute Gasteiger partial charge is 0.335 e. The number of aromatic carboxylic acids is 1. The van der Waals surface area contributed by atoms with E-state index in [-0.39, 0.29) is 5.56 Å². The van der Waals surface area contributed by atoms with E-state index < -0.39 is 5.97 Å². The van der Waals surface area contributed by atoms with Crippen molar-refractivity contribution in [3.63, 3.8) is 0 Å². The van der Waals surface area contributed by atoms with Crippen LogP contribution in [0.25, 0.3) is 6.08 Å². The van der Waals surface area contributed by atoms with Crippen LogP contribution in [0.1, 0.15) is 22.3 Å². The molecule has 1 aromatic carbocycles. The van der Waals surface area contributed by atoms with E-state index in [0.717, 1.165) is 11.8 Å². The molecule has 0 amide bonds. The van der Waals surface area contributed by atoms with Crippen molar-refractivity contribution in [2.75, 3.05) is 0 Å². The maximum Gasteiger partial charge on any atom is 0.335 e. The standard InChI is InChI=1S/C11H10O3/c12-8-2-1-3-9-4-6-10(7-5-9)11(13)14/h1,3-8H,2H2,(H,13,14). The highest BCUT2D eigenvalue weighted by Crippen LogP contribution is 2.06. The van der Waals surface area contributed by atoms with Crippen molar-refractivity contribution in [1.29, 1.82) is 0 Å². The maximum atomic E-state index is 10.5. The van der Waals surface area contributed by atoms with Crippen LogP contribution in [0, 0.1) is 0 Å². The van der Waals surface area contributed by atoms with Gasteiger partial charge in [-0.1, -0.05) is 24.3 Å². The van der Waals surface area contributed by atoms with Gasteiger partial charge in [-0.25, -0.2) is 4.79 Å². The number of benzene rings is 1. The molecule has 0 fully saturated rings. The third kappa shape index (κ3) is 2.86. The number of hydrogen-bond acceptors (Lipinski definition) is 2. The molecule has 0 atom stereocenters. The molecule has 1 rings (SSSR count). The molecule has 0 saturated heterocycles. The molecule has 0 aromatic heterocycles. The first kappa shape index (κ1) is 10.2. The Morgan fingerprint density at radius 2 is 1.93 bits per heavy atom. The van der Waals surface area contributed by atoms with Crippen molar-refractivity contribution in [1.82, 2.24) is 0 Å². The number of carboxylic acids is 1. The first-order valence-corrected chi connectivity index (χ1v) is 4.17. The molecule has 0 aliphatic heterocycles. The number of carboxylic acid groups (broad SMARTS) is 1. The van der Waals surface area contributed by atoms with Crippen molar-refractivity contribution in [2.45, 2.75) is 6.42 Å². The minimum atomic E-state index is -0.937. The first-order chi connectivity index (χ1) is 6.74. The Kier molecular flexibility index (Phi) is 3.61. The predicted octanol–water partition coefficient (Wildman–Crippen LogP) is 1.99. The number of carbonyl (C=O) groups excluding carboxylic acids is 1. The fraction of sp³-hybridized carbons (Fsp3) is 0.0909. The molecule has 0 spiro atoms.